The number of ether oxygens (including phenoxy) is 1. The lowest BCUT2D eigenvalue weighted by atomic mass is 9.96. The van der Waals surface area contributed by atoms with Crippen molar-refractivity contribution in [3.8, 4) is 5.75 Å². The van der Waals surface area contributed by atoms with Crippen molar-refractivity contribution in [2.75, 3.05) is 26.4 Å². The van der Waals surface area contributed by atoms with Gasteiger partial charge in [-0.25, -0.2) is 0 Å². The normalized spacial score (nSPS) is 22.1. The molecule has 0 N–H and O–H groups in total. The van der Waals surface area contributed by atoms with Crippen LogP contribution in [0.25, 0.3) is 0 Å². The zero-order valence-electron chi connectivity index (χ0n) is 20.5. The lowest BCUT2D eigenvalue weighted by Gasteiger charge is -2.30. The first-order chi connectivity index (χ1) is 15.7. The average molecular weight is 424 g/mol. The van der Waals surface area contributed by atoms with E-state index in [4.69, 9.17) is 21.8 Å². The lowest BCUT2D eigenvalue weighted by Crippen LogP contribution is -2.40. The largest absolute Gasteiger partial charge is 0.494 e. The molecule has 1 amide bonds. The SMILES string of the molecule is [2H]c1c([2H])c(C2N=C3C=CC(Cl)=CN3C2CC(=O)N(CC)CC)c([2H])c([2H])c1OCCCF. The van der Waals surface area contributed by atoms with Gasteiger partial charge in [-0.3, -0.25) is 14.2 Å². The molecule has 2 unspecified atom stereocenters. The van der Waals surface area contributed by atoms with Crippen LogP contribution in [-0.2, 0) is 4.79 Å². The number of fused-ring (bicyclic) bond motifs is 1. The van der Waals surface area contributed by atoms with Gasteiger partial charge in [0.1, 0.15) is 11.6 Å². The van der Waals surface area contributed by atoms with E-state index >= 15 is 0 Å². The number of hydrogen-bond acceptors (Lipinski definition) is 4. The standard InChI is InChI=1S/C22H27ClFN3O2/c1-3-26(4-2)21(28)14-19-22(25-20-11-8-17(23)15-27(19)20)16-6-9-18(10-7-16)29-13-5-12-24/h6-11,15,19,22H,3-5,12-14H2,1-2H3/i6D,7D,9D,10D. The maximum atomic E-state index is 13.0. The lowest BCUT2D eigenvalue weighted by molar-refractivity contribution is -0.131. The van der Waals surface area contributed by atoms with E-state index in [1.807, 2.05) is 13.8 Å². The Morgan fingerprint density at radius 1 is 1.31 bits per heavy atom. The van der Waals surface area contributed by atoms with Crippen LogP contribution in [0.1, 0.15) is 43.8 Å². The number of amides is 1. The van der Waals surface area contributed by atoms with Gasteiger partial charge in [0.25, 0.3) is 0 Å². The first-order valence-electron chi connectivity index (χ1n) is 11.7. The highest BCUT2D eigenvalue weighted by atomic mass is 35.5. The minimum Gasteiger partial charge on any atom is -0.494 e. The molecule has 0 aromatic heterocycles. The van der Waals surface area contributed by atoms with Crippen molar-refractivity contribution < 1.29 is 19.4 Å². The molecular weight excluding hydrogens is 393 g/mol. The second-order valence-corrected chi connectivity index (χ2v) is 7.09. The molecule has 1 aromatic rings. The topological polar surface area (TPSA) is 45.1 Å². The zero-order valence-corrected chi connectivity index (χ0v) is 17.3. The molecule has 2 heterocycles. The zero-order chi connectivity index (χ0) is 24.3. The highest BCUT2D eigenvalue weighted by molar-refractivity contribution is 6.32. The number of carbonyl (C=O) groups excluding carboxylic acids is 1. The Labute approximate surface area is 182 Å². The fourth-order valence-electron chi connectivity index (χ4n) is 3.35. The maximum Gasteiger partial charge on any atom is 0.224 e. The van der Waals surface area contributed by atoms with Crippen molar-refractivity contribution in [1.82, 2.24) is 9.80 Å². The molecule has 0 radical (unpaired) electrons. The van der Waals surface area contributed by atoms with Crippen LogP contribution >= 0.6 is 11.6 Å². The summed E-state index contributed by atoms with van der Waals surface area (Å²) in [6.07, 6.45) is 5.16. The van der Waals surface area contributed by atoms with Crippen LogP contribution < -0.4 is 4.74 Å². The van der Waals surface area contributed by atoms with Gasteiger partial charge in [0.2, 0.25) is 5.91 Å². The van der Waals surface area contributed by atoms with Crippen LogP contribution in [0.4, 0.5) is 4.39 Å². The first-order valence-corrected chi connectivity index (χ1v) is 10.1. The van der Waals surface area contributed by atoms with Crippen molar-refractivity contribution in [1.29, 1.82) is 0 Å². The molecule has 3 rings (SSSR count). The molecule has 156 valence electrons. The van der Waals surface area contributed by atoms with Gasteiger partial charge in [0, 0.05) is 25.7 Å². The van der Waals surface area contributed by atoms with Gasteiger partial charge in [-0.15, -0.1) is 0 Å². The molecule has 0 spiro atoms. The molecule has 0 bridgehead atoms. The van der Waals surface area contributed by atoms with Crippen LogP contribution in [0.3, 0.4) is 0 Å². The third-order valence-electron chi connectivity index (χ3n) is 4.85. The summed E-state index contributed by atoms with van der Waals surface area (Å²) in [5, 5.41) is 0.450. The number of rotatable bonds is 9. The summed E-state index contributed by atoms with van der Waals surface area (Å²) in [5.41, 5.74) is 0.0833. The summed E-state index contributed by atoms with van der Waals surface area (Å²) in [6, 6.07) is -2.69. The highest BCUT2D eigenvalue weighted by Gasteiger charge is 2.38. The number of hydrogen-bond donors (Lipinski definition) is 0. The van der Waals surface area contributed by atoms with Gasteiger partial charge < -0.3 is 14.5 Å². The Morgan fingerprint density at radius 3 is 2.69 bits per heavy atom. The molecule has 5 nitrogen and oxygen atoms in total. The van der Waals surface area contributed by atoms with E-state index in [2.05, 4.69) is 4.99 Å². The number of benzene rings is 1. The Bertz CT molecular complexity index is 985. The Kier molecular flexibility index (Phi) is 5.63. The second kappa shape index (κ2) is 9.92. The van der Waals surface area contributed by atoms with E-state index in [1.54, 1.807) is 28.2 Å². The van der Waals surface area contributed by atoms with Crippen LogP contribution in [0.15, 0.2) is 52.5 Å². The third kappa shape index (κ3) is 4.99. The number of amidine groups is 1. The van der Waals surface area contributed by atoms with Gasteiger partial charge in [-0.1, -0.05) is 23.7 Å². The number of aliphatic imine (C=N–C) groups is 1. The molecule has 1 aromatic carbocycles. The van der Waals surface area contributed by atoms with E-state index in [-0.39, 0.29) is 60.8 Å². The third-order valence-corrected chi connectivity index (χ3v) is 5.08. The fraction of sp³-hybridized carbons (Fsp3) is 0.455. The van der Waals surface area contributed by atoms with Crippen LogP contribution in [0, 0.1) is 0 Å². The van der Waals surface area contributed by atoms with Crippen molar-refractivity contribution in [2.45, 2.75) is 38.8 Å². The fourth-order valence-corrected chi connectivity index (χ4v) is 3.52. The van der Waals surface area contributed by atoms with Crippen molar-refractivity contribution in [3.63, 3.8) is 0 Å². The highest BCUT2D eigenvalue weighted by Crippen LogP contribution is 2.37. The van der Waals surface area contributed by atoms with Gasteiger partial charge >= 0.3 is 0 Å². The van der Waals surface area contributed by atoms with E-state index in [0.29, 0.717) is 24.0 Å². The van der Waals surface area contributed by atoms with Gasteiger partial charge in [-0.2, -0.15) is 0 Å². The van der Waals surface area contributed by atoms with Crippen molar-refractivity contribution in [3.05, 3.63) is 53.1 Å². The minimum absolute atomic E-state index is 0.0545. The quantitative estimate of drug-likeness (QED) is 0.551. The smallest absolute Gasteiger partial charge is 0.224 e. The minimum atomic E-state index is -0.823. The van der Waals surface area contributed by atoms with E-state index in [0.717, 1.165) is 0 Å². The molecule has 0 aliphatic carbocycles. The summed E-state index contributed by atoms with van der Waals surface area (Å²) < 4.78 is 51.6. The van der Waals surface area contributed by atoms with E-state index in [1.165, 1.54) is 0 Å². The predicted octanol–water partition coefficient (Wildman–Crippen LogP) is 4.46. The number of halogens is 2. The molecule has 29 heavy (non-hydrogen) atoms. The molecule has 0 saturated heterocycles. The molecule has 7 heteroatoms. The van der Waals surface area contributed by atoms with Crippen LogP contribution in [0.2, 0.25) is 0 Å². The summed E-state index contributed by atoms with van der Waals surface area (Å²) >= 11 is 6.20. The van der Waals surface area contributed by atoms with E-state index in [9.17, 15) is 9.18 Å². The van der Waals surface area contributed by atoms with Crippen molar-refractivity contribution >= 4 is 23.3 Å². The van der Waals surface area contributed by atoms with Gasteiger partial charge in [0.15, 0.2) is 0 Å². The van der Waals surface area contributed by atoms with Gasteiger partial charge in [0.05, 0.1) is 42.3 Å². The molecule has 2 aliphatic rings. The molecule has 0 fully saturated rings. The molecule has 2 aliphatic heterocycles. The van der Waals surface area contributed by atoms with Crippen LogP contribution in [-0.4, -0.2) is 54.0 Å². The van der Waals surface area contributed by atoms with E-state index < -0.39 is 18.8 Å². The van der Waals surface area contributed by atoms with Crippen molar-refractivity contribution in [2.24, 2.45) is 4.99 Å². The average Bonchev–Trinajstić information content (AvgIpc) is 3.13. The Balaban J connectivity index is 2.06. The summed E-state index contributed by atoms with van der Waals surface area (Å²) in [7, 11) is 0. The molecule has 0 saturated carbocycles. The van der Waals surface area contributed by atoms with Gasteiger partial charge in [-0.05, 0) is 43.6 Å². The Morgan fingerprint density at radius 2 is 2.03 bits per heavy atom. The number of alkyl halides is 1. The second-order valence-electron chi connectivity index (χ2n) is 6.66. The molecular formula is C22H27ClFN3O2. The Hall–Kier alpha value is -2.34. The summed E-state index contributed by atoms with van der Waals surface area (Å²) in [4.78, 5) is 21.1. The number of allylic oxidation sites excluding steroid dienone is 2. The number of nitrogens with zero attached hydrogens (tertiary/aromatic N) is 3. The number of carbonyl (C=O) groups is 1. The maximum absolute atomic E-state index is 13.0. The summed E-state index contributed by atoms with van der Waals surface area (Å²) in [6.45, 7) is 4.20. The predicted molar refractivity (Wildman–Crippen MR) is 114 cm³/mol. The van der Waals surface area contributed by atoms with Crippen LogP contribution in [0.5, 0.6) is 5.75 Å². The summed E-state index contributed by atoms with van der Waals surface area (Å²) in [5.74, 6) is 0.206. The monoisotopic (exact) mass is 423 g/mol. The first kappa shape index (κ1) is 16.5. The molecule has 2 atom stereocenters.